The molecule has 0 bridgehead atoms. The molecule has 13 rings (SSSR count). The summed E-state index contributed by atoms with van der Waals surface area (Å²) in [5.41, 5.74) is 31.7. The van der Waals surface area contributed by atoms with Crippen molar-refractivity contribution in [1.82, 2.24) is 0 Å². The van der Waals surface area contributed by atoms with Crippen LogP contribution in [0.1, 0.15) is 179 Å². The van der Waals surface area contributed by atoms with Crippen molar-refractivity contribution in [3.05, 3.63) is 268 Å². The van der Waals surface area contributed by atoms with Crippen molar-refractivity contribution < 1.29 is 0 Å². The molecule has 0 saturated carbocycles. The molecule has 2 aliphatic heterocycles. The van der Waals surface area contributed by atoms with Crippen LogP contribution in [0.3, 0.4) is 0 Å². The minimum atomic E-state index is -0.0998. The maximum atomic E-state index is 2.79. The Balaban J connectivity index is 1.12. The molecule has 0 saturated heterocycles. The minimum absolute atomic E-state index is 0.0118. The second-order valence-corrected chi connectivity index (χ2v) is 33.2. The molecule has 0 unspecified atom stereocenters. The van der Waals surface area contributed by atoms with Gasteiger partial charge in [-0.25, -0.2) is 0 Å². The van der Waals surface area contributed by atoms with Crippen LogP contribution in [0.2, 0.25) is 0 Å². The maximum absolute atomic E-state index is 2.79. The molecule has 10 aromatic rings. The van der Waals surface area contributed by atoms with E-state index in [1.807, 2.05) is 0 Å². The lowest BCUT2D eigenvalue weighted by Gasteiger charge is -2.48. The first kappa shape index (κ1) is 64.2. The zero-order chi connectivity index (χ0) is 66.6. The van der Waals surface area contributed by atoms with Crippen LogP contribution in [0, 0.1) is 13.8 Å². The van der Waals surface area contributed by atoms with Gasteiger partial charge in [-0.3, -0.25) is 0 Å². The molecule has 2 heterocycles. The third-order valence-corrected chi connectivity index (χ3v) is 21.1. The van der Waals surface area contributed by atoms with Gasteiger partial charge in [0, 0.05) is 64.3 Å². The van der Waals surface area contributed by atoms with Crippen molar-refractivity contribution in [2.24, 2.45) is 0 Å². The summed E-state index contributed by atoms with van der Waals surface area (Å²) in [7, 11) is 0. The number of benzene rings is 10. The number of nitrogens with zero attached hydrogens (tertiary/aromatic N) is 4. The predicted molar refractivity (Wildman–Crippen MR) is 408 cm³/mol. The Bertz CT molecular complexity index is 4350. The van der Waals surface area contributed by atoms with Crippen molar-refractivity contribution in [3.8, 4) is 11.1 Å². The molecule has 0 fully saturated rings. The van der Waals surface area contributed by atoms with Crippen molar-refractivity contribution in [3.63, 3.8) is 0 Å². The molecular weight excluding hydrogens is 1140 g/mol. The zero-order valence-electron chi connectivity index (χ0n) is 59.6. The monoisotopic (exact) mass is 1230 g/mol. The van der Waals surface area contributed by atoms with Crippen molar-refractivity contribution in [2.75, 3.05) is 26.1 Å². The third kappa shape index (κ3) is 12.2. The van der Waals surface area contributed by atoms with E-state index in [1.165, 1.54) is 117 Å². The van der Waals surface area contributed by atoms with E-state index >= 15 is 0 Å². The van der Waals surface area contributed by atoms with Gasteiger partial charge < -0.3 is 19.6 Å². The average molecular weight is 1240 g/mol. The van der Waals surface area contributed by atoms with Gasteiger partial charge in [-0.2, -0.15) is 0 Å². The Hall–Kier alpha value is -8.54. The van der Waals surface area contributed by atoms with E-state index in [9.17, 15) is 0 Å². The first-order chi connectivity index (χ1) is 44.4. The summed E-state index contributed by atoms with van der Waals surface area (Å²) in [5.74, 6) is 0. The van der Waals surface area contributed by atoms with Crippen LogP contribution in [0.15, 0.2) is 212 Å². The van der Waals surface area contributed by atoms with Gasteiger partial charge in [-0.05, 0) is 223 Å². The maximum Gasteiger partial charge on any atom is 0.252 e. The van der Waals surface area contributed by atoms with E-state index in [1.54, 1.807) is 0 Å². The fraction of sp³-hybridized carbons (Fsp3) is 0.326. The SMILES string of the molecule is Cc1ccc(N(Cc2ccc3c(c2)B2c4cc5c(cc4N(CCc4ccc(C(C)(C)C)cc4-c4ccccc4)c4cc(N(c6ccc(C(C)(C)C)cc6)c6ccc(C(C)(C)C)cc6)cc(c42)N3c2cccc(C(C)(C)C)c2)C(C)(C)CCC5(C)C)c2ccc(C)cc2)cc1. The predicted octanol–water partition coefficient (Wildman–Crippen LogP) is 22.3. The molecule has 94 heavy (non-hydrogen) atoms. The highest BCUT2D eigenvalue weighted by atomic mass is 15.2. The number of fused-ring (bicyclic) bond motifs is 5. The molecule has 0 amide bonds. The summed E-state index contributed by atoms with van der Waals surface area (Å²) in [6, 6.07) is 83.0. The van der Waals surface area contributed by atoms with Gasteiger partial charge in [0.1, 0.15) is 0 Å². The molecule has 0 spiro atoms. The Kier molecular flexibility index (Phi) is 16.2. The highest BCUT2D eigenvalue weighted by Crippen LogP contribution is 2.52. The first-order valence-corrected chi connectivity index (χ1v) is 34.7. The number of anilines is 10. The molecule has 5 heteroatoms. The Morgan fingerprint density at radius 1 is 0.415 bits per heavy atom. The largest absolute Gasteiger partial charge is 0.342 e. The van der Waals surface area contributed by atoms with Crippen LogP contribution in [0.25, 0.3) is 11.1 Å². The Labute approximate surface area is 564 Å². The molecule has 1 aliphatic carbocycles. The molecule has 10 aromatic carbocycles. The smallest absolute Gasteiger partial charge is 0.252 e. The lowest BCUT2D eigenvalue weighted by molar-refractivity contribution is 0.332. The van der Waals surface area contributed by atoms with Gasteiger partial charge in [0.15, 0.2) is 0 Å². The highest BCUT2D eigenvalue weighted by molar-refractivity contribution is 7.00. The Morgan fingerprint density at radius 3 is 1.47 bits per heavy atom. The number of rotatable bonds is 12. The molecule has 0 N–H and O–H groups in total. The first-order valence-electron chi connectivity index (χ1n) is 34.7. The number of hydrogen-bond acceptors (Lipinski definition) is 4. The van der Waals surface area contributed by atoms with Crippen LogP contribution >= 0.6 is 0 Å². The van der Waals surface area contributed by atoms with Crippen LogP contribution in [0.4, 0.5) is 56.9 Å². The van der Waals surface area contributed by atoms with Gasteiger partial charge in [0.2, 0.25) is 0 Å². The molecular formula is C89H99BN4. The normalized spacial score (nSPS) is 14.9. The molecule has 3 aliphatic rings. The summed E-state index contributed by atoms with van der Waals surface area (Å²) in [6.07, 6.45) is 3.10. The van der Waals surface area contributed by atoms with E-state index in [4.69, 9.17) is 0 Å². The third-order valence-electron chi connectivity index (χ3n) is 21.1. The van der Waals surface area contributed by atoms with Gasteiger partial charge in [0.05, 0.1) is 5.69 Å². The fourth-order valence-corrected chi connectivity index (χ4v) is 15.0. The van der Waals surface area contributed by atoms with Crippen molar-refractivity contribution in [2.45, 2.75) is 183 Å². The summed E-state index contributed by atoms with van der Waals surface area (Å²) in [5, 5.41) is 0. The highest BCUT2D eigenvalue weighted by Gasteiger charge is 2.47. The zero-order valence-corrected chi connectivity index (χ0v) is 59.6. The molecule has 0 aromatic heterocycles. The lowest BCUT2D eigenvalue weighted by Crippen LogP contribution is -2.62. The van der Waals surface area contributed by atoms with Gasteiger partial charge in [0.25, 0.3) is 6.71 Å². The summed E-state index contributed by atoms with van der Waals surface area (Å²) < 4.78 is 0. The number of hydrogen-bond donors (Lipinski definition) is 0. The fourth-order valence-electron chi connectivity index (χ4n) is 15.0. The molecule has 0 atom stereocenters. The second kappa shape index (κ2) is 23.7. The van der Waals surface area contributed by atoms with Gasteiger partial charge in [-0.1, -0.05) is 249 Å². The second-order valence-electron chi connectivity index (χ2n) is 33.2. The van der Waals surface area contributed by atoms with E-state index in [0.717, 1.165) is 48.6 Å². The number of aryl methyl sites for hydroxylation is 2. The summed E-state index contributed by atoms with van der Waals surface area (Å²) in [6.45, 7) is 43.7. The lowest BCUT2D eigenvalue weighted by atomic mass is 9.33. The van der Waals surface area contributed by atoms with E-state index in [2.05, 4.69) is 357 Å². The summed E-state index contributed by atoms with van der Waals surface area (Å²) >= 11 is 0. The van der Waals surface area contributed by atoms with E-state index < -0.39 is 0 Å². The van der Waals surface area contributed by atoms with Crippen LogP contribution in [-0.4, -0.2) is 13.3 Å². The van der Waals surface area contributed by atoms with Crippen molar-refractivity contribution >= 4 is 80.0 Å². The summed E-state index contributed by atoms with van der Waals surface area (Å²) in [4.78, 5) is 10.5. The Morgan fingerprint density at radius 2 is 0.915 bits per heavy atom. The van der Waals surface area contributed by atoms with E-state index in [0.29, 0.717) is 6.54 Å². The minimum Gasteiger partial charge on any atom is -0.342 e. The van der Waals surface area contributed by atoms with Gasteiger partial charge >= 0.3 is 0 Å². The van der Waals surface area contributed by atoms with Crippen LogP contribution in [-0.2, 0) is 45.5 Å². The molecule has 4 nitrogen and oxygen atoms in total. The van der Waals surface area contributed by atoms with Crippen LogP contribution in [0.5, 0.6) is 0 Å². The van der Waals surface area contributed by atoms with Crippen molar-refractivity contribution in [1.29, 1.82) is 0 Å². The molecule has 0 radical (unpaired) electrons. The molecule has 478 valence electrons. The average Bonchev–Trinajstić information content (AvgIpc) is 0.691. The quantitative estimate of drug-likeness (QED) is 0.113. The topological polar surface area (TPSA) is 13.0 Å². The standard InChI is InChI=1S/C89H99BN4/c1-59-27-38-68(39-28-59)92(69-40-29-60(2)30-41-69)58-61-31-46-79-77(51-61)90-78-56-75-76(89(17,18)49-48-88(75,15)16)57-80(78)91(50-47-63-32-33-67(87(12,13)14)53-74(63)62-23-20-19-21-24-62)81-54-73(55-82(83(81)90)94(79)72-26-22-25-66(52-72)86(9,10)11)93(70-42-34-64(35-43-70)84(3,4)5)71-44-36-65(37-45-71)85(6,7)8/h19-46,51-57H,47-50,58H2,1-18H3. The van der Waals surface area contributed by atoms with E-state index in [-0.39, 0.29) is 39.2 Å². The van der Waals surface area contributed by atoms with Gasteiger partial charge in [-0.15, -0.1) is 0 Å². The van der Waals surface area contributed by atoms with Crippen LogP contribution < -0.4 is 36.0 Å².